The summed E-state index contributed by atoms with van der Waals surface area (Å²) in [6.07, 6.45) is -6.33. The summed E-state index contributed by atoms with van der Waals surface area (Å²) < 4.78 is 56.1. The van der Waals surface area contributed by atoms with Crippen LogP contribution in [0.1, 0.15) is 12.5 Å². The molecule has 2 rings (SSSR count). The SMILES string of the molecule is CCN(C[C@@H](O)C(F)(F)F)C(=O)Nc1ccc(Oc2cc(F)ccc2C#N)cn1. The van der Waals surface area contributed by atoms with E-state index in [2.05, 4.69) is 10.3 Å². The van der Waals surface area contributed by atoms with E-state index < -0.39 is 30.7 Å². The van der Waals surface area contributed by atoms with Crippen LogP contribution in [0.3, 0.4) is 0 Å². The number of hydrogen-bond acceptors (Lipinski definition) is 5. The number of ether oxygens (including phenoxy) is 1. The van der Waals surface area contributed by atoms with Gasteiger partial charge in [-0.05, 0) is 31.2 Å². The van der Waals surface area contributed by atoms with Gasteiger partial charge >= 0.3 is 12.2 Å². The first kappa shape index (κ1) is 21.9. The molecule has 11 heteroatoms. The van der Waals surface area contributed by atoms with Crippen molar-refractivity contribution in [2.24, 2.45) is 0 Å². The van der Waals surface area contributed by atoms with Crippen molar-refractivity contribution in [3.8, 4) is 17.6 Å². The highest BCUT2D eigenvalue weighted by molar-refractivity contribution is 5.88. The third kappa shape index (κ3) is 6.05. The first-order valence-electron chi connectivity index (χ1n) is 8.28. The number of carbonyl (C=O) groups excluding carboxylic acids is 1. The molecule has 0 spiro atoms. The van der Waals surface area contributed by atoms with Gasteiger partial charge in [-0.2, -0.15) is 18.4 Å². The summed E-state index contributed by atoms with van der Waals surface area (Å²) in [4.78, 5) is 16.8. The molecule has 1 heterocycles. The Labute approximate surface area is 163 Å². The van der Waals surface area contributed by atoms with Crippen LogP contribution in [0, 0.1) is 17.1 Å². The number of benzene rings is 1. The third-order valence-corrected chi connectivity index (χ3v) is 3.70. The Hall–Kier alpha value is -3.39. The lowest BCUT2D eigenvalue weighted by molar-refractivity contribution is -0.206. The van der Waals surface area contributed by atoms with Gasteiger partial charge in [0, 0.05) is 12.6 Å². The number of hydrogen-bond donors (Lipinski definition) is 2. The second-order valence-electron chi connectivity index (χ2n) is 5.76. The van der Waals surface area contributed by atoms with Gasteiger partial charge in [0.1, 0.15) is 29.2 Å². The highest BCUT2D eigenvalue weighted by Crippen LogP contribution is 2.26. The van der Waals surface area contributed by atoms with E-state index >= 15 is 0 Å². The summed E-state index contributed by atoms with van der Waals surface area (Å²) in [7, 11) is 0. The second kappa shape index (κ2) is 9.20. The molecule has 0 unspecified atom stereocenters. The number of alkyl halides is 3. The fourth-order valence-electron chi connectivity index (χ4n) is 2.17. The van der Waals surface area contributed by atoms with Crippen molar-refractivity contribution in [2.45, 2.75) is 19.2 Å². The summed E-state index contributed by atoms with van der Waals surface area (Å²) in [6.45, 7) is 0.457. The number of nitriles is 1. The number of pyridine rings is 1. The molecule has 0 aliphatic heterocycles. The predicted octanol–water partition coefficient (Wildman–Crippen LogP) is 3.66. The summed E-state index contributed by atoms with van der Waals surface area (Å²) in [6, 6.07) is 7.04. The second-order valence-corrected chi connectivity index (χ2v) is 5.76. The van der Waals surface area contributed by atoms with Gasteiger partial charge in [-0.3, -0.25) is 5.32 Å². The minimum absolute atomic E-state index is 0.0158. The molecule has 2 N–H and O–H groups in total. The number of aromatic nitrogens is 1. The van der Waals surface area contributed by atoms with Gasteiger partial charge in [-0.1, -0.05) is 0 Å². The molecule has 0 saturated heterocycles. The molecule has 0 saturated carbocycles. The molecule has 2 aromatic rings. The summed E-state index contributed by atoms with van der Waals surface area (Å²) in [5, 5.41) is 20.4. The van der Waals surface area contributed by atoms with E-state index in [1.807, 2.05) is 6.07 Å². The van der Waals surface area contributed by atoms with Gasteiger partial charge in [0.05, 0.1) is 18.3 Å². The van der Waals surface area contributed by atoms with Crippen LogP contribution in [0.5, 0.6) is 11.5 Å². The normalized spacial score (nSPS) is 12.0. The number of anilines is 1. The van der Waals surface area contributed by atoms with Crippen molar-refractivity contribution in [3.05, 3.63) is 47.9 Å². The molecule has 0 aliphatic rings. The van der Waals surface area contributed by atoms with E-state index in [0.717, 1.165) is 17.0 Å². The highest BCUT2D eigenvalue weighted by atomic mass is 19.4. The van der Waals surface area contributed by atoms with E-state index in [0.29, 0.717) is 0 Å². The standard InChI is InChI=1S/C18H16F4N4O3/c1-2-26(10-15(27)18(20,21)22)17(28)25-16-6-5-13(9-24-16)29-14-7-12(19)4-3-11(14)8-23/h3-7,9,15,27H,2,10H2,1H3,(H,24,25,28)/t15-/m1/s1. The Morgan fingerprint density at radius 3 is 2.66 bits per heavy atom. The maximum absolute atomic E-state index is 13.3. The number of likely N-dealkylation sites (N-methyl/N-ethyl adjacent to an activating group) is 1. The number of carbonyl (C=O) groups is 1. The van der Waals surface area contributed by atoms with Gasteiger partial charge in [0.2, 0.25) is 0 Å². The molecule has 1 aromatic heterocycles. The smallest absolute Gasteiger partial charge is 0.416 e. The van der Waals surface area contributed by atoms with E-state index in [1.165, 1.54) is 31.3 Å². The van der Waals surface area contributed by atoms with Crippen LogP contribution in [0.15, 0.2) is 36.5 Å². The van der Waals surface area contributed by atoms with Crippen molar-refractivity contribution in [1.29, 1.82) is 5.26 Å². The molecule has 0 aliphatic carbocycles. The van der Waals surface area contributed by atoms with Crippen molar-refractivity contribution >= 4 is 11.8 Å². The van der Waals surface area contributed by atoms with Gasteiger partial charge in [-0.15, -0.1) is 0 Å². The summed E-state index contributed by atoms with van der Waals surface area (Å²) >= 11 is 0. The van der Waals surface area contributed by atoms with Crippen molar-refractivity contribution in [3.63, 3.8) is 0 Å². The van der Waals surface area contributed by atoms with E-state index in [9.17, 15) is 22.4 Å². The number of nitrogens with one attached hydrogen (secondary N) is 1. The van der Waals surface area contributed by atoms with Crippen LogP contribution in [0.2, 0.25) is 0 Å². The largest absolute Gasteiger partial charge is 0.454 e. The molecule has 154 valence electrons. The quantitative estimate of drug-likeness (QED) is 0.706. The van der Waals surface area contributed by atoms with Gasteiger partial charge in [-0.25, -0.2) is 14.2 Å². The fourth-order valence-corrected chi connectivity index (χ4v) is 2.17. The Bertz CT molecular complexity index is 897. The van der Waals surface area contributed by atoms with Crippen molar-refractivity contribution in [1.82, 2.24) is 9.88 Å². The maximum Gasteiger partial charge on any atom is 0.416 e. The molecule has 0 fully saturated rings. The van der Waals surface area contributed by atoms with Crippen LogP contribution in [0.4, 0.5) is 28.2 Å². The number of urea groups is 1. The Kier molecular flexibility index (Phi) is 6.95. The molecular weight excluding hydrogens is 396 g/mol. The fraction of sp³-hybridized carbons (Fsp3) is 0.278. The minimum Gasteiger partial charge on any atom is -0.454 e. The number of aliphatic hydroxyl groups excluding tert-OH is 1. The number of halogens is 4. The molecule has 29 heavy (non-hydrogen) atoms. The van der Waals surface area contributed by atoms with Crippen LogP contribution in [-0.4, -0.2) is 46.4 Å². The Balaban J connectivity index is 2.04. The average Bonchev–Trinajstić information content (AvgIpc) is 2.66. The molecule has 1 atom stereocenters. The number of amides is 2. The number of rotatable bonds is 6. The van der Waals surface area contributed by atoms with Crippen LogP contribution in [-0.2, 0) is 0 Å². The number of nitrogens with zero attached hydrogens (tertiary/aromatic N) is 3. The summed E-state index contributed by atoms with van der Waals surface area (Å²) in [5.41, 5.74) is 0.102. The zero-order valence-corrected chi connectivity index (χ0v) is 15.1. The highest BCUT2D eigenvalue weighted by Gasteiger charge is 2.39. The molecule has 1 aromatic carbocycles. The first-order chi connectivity index (χ1) is 13.6. The van der Waals surface area contributed by atoms with Crippen LogP contribution >= 0.6 is 0 Å². The lowest BCUT2D eigenvalue weighted by Gasteiger charge is -2.25. The molecular formula is C18H16F4N4O3. The van der Waals surface area contributed by atoms with Gasteiger partial charge in [0.15, 0.2) is 6.10 Å². The van der Waals surface area contributed by atoms with E-state index in [-0.39, 0.29) is 29.4 Å². The van der Waals surface area contributed by atoms with Gasteiger partial charge in [0.25, 0.3) is 0 Å². The van der Waals surface area contributed by atoms with Gasteiger partial charge < -0.3 is 14.7 Å². The predicted molar refractivity (Wildman–Crippen MR) is 93.8 cm³/mol. The summed E-state index contributed by atoms with van der Waals surface area (Å²) in [5.74, 6) is -0.465. The van der Waals surface area contributed by atoms with Crippen molar-refractivity contribution in [2.75, 3.05) is 18.4 Å². The molecule has 2 amide bonds. The zero-order chi connectivity index (χ0) is 21.6. The van der Waals surface area contributed by atoms with Crippen molar-refractivity contribution < 1.29 is 32.2 Å². The Morgan fingerprint density at radius 1 is 1.38 bits per heavy atom. The molecule has 7 nitrogen and oxygen atoms in total. The topological polar surface area (TPSA) is 98.5 Å². The van der Waals surface area contributed by atoms with E-state index in [1.54, 1.807) is 0 Å². The average molecular weight is 412 g/mol. The lowest BCUT2D eigenvalue weighted by atomic mass is 10.2. The zero-order valence-electron chi connectivity index (χ0n) is 15.1. The first-order valence-corrected chi connectivity index (χ1v) is 8.28. The lowest BCUT2D eigenvalue weighted by Crippen LogP contribution is -2.45. The third-order valence-electron chi connectivity index (χ3n) is 3.70. The van der Waals surface area contributed by atoms with E-state index in [4.69, 9.17) is 15.1 Å². The molecule has 0 radical (unpaired) electrons. The number of aliphatic hydroxyl groups is 1. The molecule has 0 bridgehead atoms. The monoisotopic (exact) mass is 412 g/mol. The maximum atomic E-state index is 13.3. The van der Waals surface area contributed by atoms with Crippen LogP contribution in [0.25, 0.3) is 0 Å². The Morgan fingerprint density at radius 2 is 2.10 bits per heavy atom. The van der Waals surface area contributed by atoms with Crippen LogP contribution < -0.4 is 10.1 Å². The minimum atomic E-state index is -4.84.